The fraction of sp³-hybridized carbons (Fsp3) is 0.235. The molecular formula is C17H18N2OS. The van der Waals surface area contributed by atoms with Crippen LogP contribution in [0, 0.1) is 18.8 Å². The Morgan fingerprint density at radius 1 is 1.33 bits per heavy atom. The van der Waals surface area contributed by atoms with E-state index in [1.165, 1.54) is 11.3 Å². The van der Waals surface area contributed by atoms with Crippen LogP contribution in [0.1, 0.15) is 26.4 Å². The molecular weight excluding hydrogens is 280 g/mol. The molecule has 2 N–H and O–H groups in total. The monoisotopic (exact) mass is 298 g/mol. The third kappa shape index (κ3) is 3.72. The highest BCUT2D eigenvalue weighted by atomic mass is 32.1. The highest BCUT2D eigenvalue weighted by Gasteiger charge is 2.16. The van der Waals surface area contributed by atoms with Crippen LogP contribution in [0.3, 0.4) is 0 Å². The van der Waals surface area contributed by atoms with Gasteiger partial charge in [0.2, 0.25) is 0 Å². The summed E-state index contributed by atoms with van der Waals surface area (Å²) in [5, 5.41) is 1.94. The average Bonchev–Trinajstić information content (AvgIpc) is 2.91. The predicted molar refractivity (Wildman–Crippen MR) is 87.2 cm³/mol. The van der Waals surface area contributed by atoms with Crippen molar-refractivity contribution in [2.75, 3.05) is 13.6 Å². The first kappa shape index (κ1) is 15.3. The minimum absolute atomic E-state index is 0.0455. The van der Waals surface area contributed by atoms with Gasteiger partial charge in [-0.1, -0.05) is 30.0 Å². The molecule has 0 fully saturated rings. The molecule has 108 valence electrons. The van der Waals surface area contributed by atoms with Crippen LogP contribution in [-0.2, 0) is 6.54 Å². The van der Waals surface area contributed by atoms with E-state index in [1.54, 1.807) is 4.90 Å². The molecule has 0 radical (unpaired) electrons. The van der Waals surface area contributed by atoms with Crippen LogP contribution in [-0.4, -0.2) is 24.4 Å². The molecule has 1 heterocycles. The van der Waals surface area contributed by atoms with E-state index in [1.807, 2.05) is 49.7 Å². The third-order valence-electron chi connectivity index (χ3n) is 3.15. The van der Waals surface area contributed by atoms with Crippen LogP contribution in [0.25, 0.3) is 0 Å². The Labute approximate surface area is 129 Å². The zero-order valence-electron chi connectivity index (χ0n) is 12.2. The fourth-order valence-electron chi connectivity index (χ4n) is 2.02. The number of hydrogen-bond acceptors (Lipinski definition) is 3. The second-order valence-electron chi connectivity index (χ2n) is 4.76. The number of rotatable bonds is 3. The number of benzene rings is 1. The van der Waals surface area contributed by atoms with Crippen molar-refractivity contribution in [3.05, 3.63) is 57.3 Å². The Hall–Kier alpha value is -2.09. The number of nitrogens with zero attached hydrogens (tertiary/aromatic N) is 1. The number of aryl methyl sites for hydroxylation is 1. The van der Waals surface area contributed by atoms with E-state index < -0.39 is 0 Å². The average molecular weight is 298 g/mol. The van der Waals surface area contributed by atoms with Gasteiger partial charge in [-0.25, -0.2) is 0 Å². The Bertz CT molecular complexity index is 694. The van der Waals surface area contributed by atoms with E-state index in [0.717, 1.165) is 21.6 Å². The van der Waals surface area contributed by atoms with Gasteiger partial charge in [-0.3, -0.25) is 4.79 Å². The molecule has 3 nitrogen and oxygen atoms in total. The molecule has 0 bridgehead atoms. The highest BCUT2D eigenvalue weighted by Crippen LogP contribution is 2.19. The quantitative estimate of drug-likeness (QED) is 0.886. The number of amides is 1. The van der Waals surface area contributed by atoms with E-state index in [-0.39, 0.29) is 5.91 Å². The Balaban J connectivity index is 2.18. The molecule has 0 saturated carbocycles. The van der Waals surface area contributed by atoms with E-state index in [0.29, 0.717) is 13.1 Å². The maximum atomic E-state index is 12.4. The van der Waals surface area contributed by atoms with Crippen LogP contribution < -0.4 is 5.73 Å². The molecule has 0 saturated heterocycles. The number of carbonyl (C=O) groups excluding carboxylic acids is 1. The van der Waals surface area contributed by atoms with Crippen molar-refractivity contribution in [1.82, 2.24) is 4.90 Å². The Kier molecular flexibility index (Phi) is 5.15. The van der Waals surface area contributed by atoms with Gasteiger partial charge in [0.15, 0.2) is 0 Å². The second-order valence-corrected chi connectivity index (χ2v) is 5.67. The number of hydrogen-bond donors (Lipinski definition) is 1. The van der Waals surface area contributed by atoms with Gasteiger partial charge in [0.05, 0.1) is 11.4 Å². The van der Waals surface area contributed by atoms with Gasteiger partial charge in [-0.05, 0) is 35.6 Å². The summed E-state index contributed by atoms with van der Waals surface area (Å²) in [6, 6.07) is 9.80. The first-order chi connectivity index (χ1) is 10.1. The van der Waals surface area contributed by atoms with Gasteiger partial charge in [0.25, 0.3) is 5.91 Å². The molecule has 21 heavy (non-hydrogen) atoms. The van der Waals surface area contributed by atoms with E-state index in [9.17, 15) is 4.79 Å². The fourth-order valence-corrected chi connectivity index (χ4v) is 2.94. The van der Waals surface area contributed by atoms with Crippen LogP contribution in [0.5, 0.6) is 0 Å². The van der Waals surface area contributed by atoms with Gasteiger partial charge in [-0.2, -0.15) is 0 Å². The summed E-state index contributed by atoms with van der Waals surface area (Å²) in [5.41, 5.74) is 8.39. The van der Waals surface area contributed by atoms with E-state index in [2.05, 4.69) is 11.8 Å². The van der Waals surface area contributed by atoms with Gasteiger partial charge < -0.3 is 10.6 Å². The van der Waals surface area contributed by atoms with Crippen molar-refractivity contribution in [1.29, 1.82) is 0 Å². The summed E-state index contributed by atoms with van der Waals surface area (Å²) in [4.78, 5) is 15.0. The van der Waals surface area contributed by atoms with Gasteiger partial charge in [0, 0.05) is 19.2 Å². The van der Waals surface area contributed by atoms with Gasteiger partial charge in [-0.15, -0.1) is 11.3 Å². The minimum Gasteiger partial charge on any atom is -0.337 e. The van der Waals surface area contributed by atoms with Crippen molar-refractivity contribution in [2.45, 2.75) is 13.5 Å². The molecule has 0 spiro atoms. The predicted octanol–water partition coefficient (Wildman–Crippen LogP) is 2.64. The van der Waals surface area contributed by atoms with Crippen LogP contribution in [0.2, 0.25) is 0 Å². The summed E-state index contributed by atoms with van der Waals surface area (Å²) in [7, 11) is 1.81. The lowest BCUT2D eigenvalue weighted by molar-refractivity contribution is 0.0789. The van der Waals surface area contributed by atoms with Crippen molar-refractivity contribution >= 4 is 17.2 Å². The molecule has 2 aromatic rings. The number of thiophene rings is 1. The lowest BCUT2D eigenvalue weighted by atomic mass is 10.1. The smallest absolute Gasteiger partial charge is 0.264 e. The van der Waals surface area contributed by atoms with Crippen LogP contribution >= 0.6 is 11.3 Å². The molecule has 4 heteroatoms. The SMILES string of the molecule is Cc1ccsc1C(=O)N(C)Cc1ccccc1C#CCN. The maximum absolute atomic E-state index is 12.4. The van der Waals surface area contributed by atoms with E-state index >= 15 is 0 Å². The van der Waals surface area contributed by atoms with Gasteiger partial charge >= 0.3 is 0 Å². The van der Waals surface area contributed by atoms with E-state index in [4.69, 9.17) is 5.73 Å². The third-order valence-corrected chi connectivity index (χ3v) is 4.16. The second kappa shape index (κ2) is 7.07. The molecule has 2 rings (SSSR count). The first-order valence-electron chi connectivity index (χ1n) is 6.70. The largest absolute Gasteiger partial charge is 0.337 e. The zero-order chi connectivity index (χ0) is 15.2. The van der Waals surface area contributed by atoms with Crippen molar-refractivity contribution in [3.63, 3.8) is 0 Å². The molecule has 1 amide bonds. The van der Waals surface area contributed by atoms with Crippen molar-refractivity contribution in [2.24, 2.45) is 5.73 Å². The molecule has 0 aliphatic carbocycles. The lowest BCUT2D eigenvalue weighted by Crippen LogP contribution is -2.26. The molecule has 1 aromatic heterocycles. The summed E-state index contributed by atoms with van der Waals surface area (Å²) in [6.45, 7) is 2.82. The zero-order valence-corrected chi connectivity index (χ0v) is 13.0. The molecule has 0 aliphatic rings. The van der Waals surface area contributed by atoms with Gasteiger partial charge in [0.1, 0.15) is 0 Å². The number of nitrogens with two attached hydrogens (primary N) is 1. The van der Waals surface area contributed by atoms with Crippen LogP contribution in [0.4, 0.5) is 0 Å². The van der Waals surface area contributed by atoms with Crippen molar-refractivity contribution < 1.29 is 4.79 Å². The Morgan fingerprint density at radius 2 is 2.10 bits per heavy atom. The minimum atomic E-state index is 0.0455. The lowest BCUT2D eigenvalue weighted by Gasteiger charge is -2.18. The number of carbonyl (C=O) groups is 1. The molecule has 0 atom stereocenters. The van der Waals surface area contributed by atoms with Crippen LogP contribution in [0.15, 0.2) is 35.7 Å². The topological polar surface area (TPSA) is 46.3 Å². The summed E-state index contributed by atoms with van der Waals surface area (Å²) in [5.74, 6) is 5.96. The Morgan fingerprint density at radius 3 is 2.76 bits per heavy atom. The highest BCUT2D eigenvalue weighted by molar-refractivity contribution is 7.12. The standard InChI is InChI=1S/C17H18N2OS/c1-13-9-11-21-16(13)17(20)19(2)12-15-7-4-3-6-14(15)8-5-10-18/h3-4,6-7,9,11H,10,12,18H2,1-2H3. The van der Waals surface area contributed by atoms with Crippen molar-refractivity contribution in [3.8, 4) is 11.8 Å². The first-order valence-corrected chi connectivity index (χ1v) is 7.58. The molecule has 0 unspecified atom stereocenters. The summed E-state index contributed by atoms with van der Waals surface area (Å²) in [6.07, 6.45) is 0. The summed E-state index contributed by atoms with van der Waals surface area (Å²) < 4.78 is 0. The molecule has 1 aromatic carbocycles. The normalized spacial score (nSPS) is 9.86. The molecule has 0 aliphatic heterocycles. The maximum Gasteiger partial charge on any atom is 0.264 e. The summed E-state index contributed by atoms with van der Waals surface area (Å²) >= 11 is 1.48.